The molecule has 90 valence electrons. The van der Waals surface area contributed by atoms with Crippen molar-refractivity contribution in [2.75, 3.05) is 11.5 Å². The standard InChI is InChI=1S/C13H15NOS2/c1-10-8-12(2-3-13(10)14)17(15)7-5-11-4-6-16-9-11/h2-4,6,8-9H,5,7,14H2,1H3. The molecule has 2 N–H and O–H groups in total. The van der Waals surface area contributed by atoms with Crippen LogP contribution in [-0.4, -0.2) is 9.96 Å². The zero-order valence-electron chi connectivity index (χ0n) is 9.68. The van der Waals surface area contributed by atoms with Crippen molar-refractivity contribution in [2.45, 2.75) is 18.2 Å². The second-order valence-corrected chi connectivity index (χ2v) is 6.30. The summed E-state index contributed by atoms with van der Waals surface area (Å²) in [5.41, 5.74) is 8.75. The first-order valence-electron chi connectivity index (χ1n) is 5.42. The Hall–Kier alpha value is -1.13. The summed E-state index contributed by atoms with van der Waals surface area (Å²) in [6.45, 7) is 1.94. The molecule has 0 aliphatic carbocycles. The van der Waals surface area contributed by atoms with E-state index in [0.29, 0.717) is 5.75 Å². The zero-order valence-corrected chi connectivity index (χ0v) is 11.3. The van der Waals surface area contributed by atoms with Gasteiger partial charge in [0.25, 0.3) is 0 Å². The minimum Gasteiger partial charge on any atom is -0.399 e. The maximum absolute atomic E-state index is 12.1. The monoisotopic (exact) mass is 265 g/mol. The maximum Gasteiger partial charge on any atom is 0.0532 e. The number of thiophene rings is 1. The fourth-order valence-electron chi connectivity index (χ4n) is 1.55. The van der Waals surface area contributed by atoms with Crippen LogP contribution in [0.5, 0.6) is 0 Å². The summed E-state index contributed by atoms with van der Waals surface area (Å²) >= 11 is 1.68. The fourth-order valence-corrected chi connectivity index (χ4v) is 3.44. The van der Waals surface area contributed by atoms with Crippen LogP contribution in [-0.2, 0) is 17.2 Å². The molecule has 1 atom stereocenters. The van der Waals surface area contributed by atoms with Crippen molar-refractivity contribution in [1.82, 2.24) is 0 Å². The Kier molecular flexibility index (Phi) is 3.97. The zero-order chi connectivity index (χ0) is 12.3. The van der Waals surface area contributed by atoms with Crippen LogP contribution in [0.1, 0.15) is 11.1 Å². The smallest absolute Gasteiger partial charge is 0.0532 e. The van der Waals surface area contributed by atoms with Gasteiger partial charge in [-0.05, 0) is 59.5 Å². The lowest BCUT2D eigenvalue weighted by molar-refractivity contribution is 0.682. The quantitative estimate of drug-likeness (QED) is 0.864. The number of nitrogens with two attached hydrogens (primary N) is 1. The molecule has 0 saturated heterocycles. The van der Waals surface area contributed by atoms with Crippen molar-refractivity contribution in [1.29, 1.82) is 0 Å². The van der Waals surface area contributed by atoms with Crippen molar-refractivity contribution in [3.8, 4) is 0 Å². The molecule has 0 fully saturated rings. The molecule has 4 heteroatoms. The highest BCUT2D eigenvalue weighted by molar-refractivity contribution is 7.85. The summed E-state index contributed by atoms with van der Waals surface area (Å²) in [6, 6.07) is 7.67. The van der Waals surface area contributed by atoms with Gasteiger partial charge in [0.1, 0.15) is 0 Å². The van der Waals surface area contributed by atoms with Gasteiger partial charge < -0.3 is 5.73 Å². The van der Waals surface area contributed by atoms with E-state index in [0.717, 1.165) is 22.6 Å². The van der Waals surface area contributed by atoms with E-state index >= 15 is 0 Å². The average Bonchev–Trinajstić information content (AvgIpc) is 2.82. The first-order valence-corrected chi connectivity index (χ1v) is 7.68. The van der Waals surface area contributed by atoms with Gasteiger partial charge in [0.05, 0.1) is 10.8 Å². The minimum absolute atomic E-state index is 0.667. The lowest BCUT2D eigenvalue weighted by atomic mass is 10.2. The third kappa shape index (κ3) is 3.17. The number of nitrogen functional groups attached to an aromatic ring is 1. The highest BCUT2D eigenvalue weighted by atomic mass is 32.2. The Morgan fingerprint density at radius 1 is 1.35 bits per heavy atom. The van der Waals surface area contributed by atoms with Gasteiger partial charge in [-0.1, -0.05) is 0 Å². The summed E-state index contributed by atoms with van der Waals surface area (Å²) in [4.78, 5) is 0.868. The topological polar surface area (TPSA) is 43.1 Å². The number of aryl methyl sites for hydroxylation is 2. The van der Waals surface area contributed by atoms with Crippen molar-refractivity contribution in [3.63, 3.8) is 0 Å². The third-order valence-corrected chi connectivity index (χ3v) is 4.75. The molecular weight excluding hydrogens is 250 g/mol. The summed E-state index contributed by atoms with van der Waals surface area (Å²) in [6.07, 6.45) is 0.861. The van der Waals surface area contributed by atoms with Crippen LogP contribution < -0.4 is 5.73 Å². The molecule has 2 rings (SSSR count). The van der Waals surface area contributed by atoms with Crippen LogP contribution in [0.15, 0.2) is 39.9 Å². The molecule has 0 saturated carbocycles. The van der Waals surface area contributed by atoms with Gasteiger partial charge in [0.15, 0.2) is 0 Å². The van der Waals surface area contributed by atoms with Crippen LogP contribution >= 0.6 is 11.3 Å². The summed E-state index contributed by atoms with van der Waals surface area (Å²) < 4.78 is 12.1. The largest absolute Gasteiger partial charge is 0.399 e. The van der Waals surface area contributed by atoms with E-state index in [2.05, 4.69) is 11.4 Å². The number of benzene rings is 1. The van der Waals surface area contributed by atoms with Crippen LogP contribution in [0.25, 0.3) is 0 Å². The van der Waals surface area contributed by atoms with Crippen molar-refractivity contribution in [3.05, 3.63) is 46.2 Å². The first kappa shape index (κ1) is 12.3. The van der Waals surface area contributed by atoms with Crippen molar-refractivity contribution < 1.29 is 4.21 Å². The third-order valence-electron chi connectivity index (χ3n) is 2.66. The Morgan fingerprint density at radius 2 is 2.18 bits per heavy atom. The molecule has 0 bridgehead atoms. The summed E-state index contributed by atoms with van der Waals surface area (Å²) in [7, 11) is -0.938. The van der Waals surface area contributed by atoms with Crippen molar-refractivity contribution in [2.24, 2.45) is 0 Å². The lowest BCUT2D eigenvalue weighted by Gasteiger charge is -2.05. The maximum atomic E-state index is 12.1. The Bertz CT molecular complexity index is 520. The summed E-state index contributed by atoms with van der Waals surface area (Å²) in [5, 5.41) is 4.15. The molecule has 2 aromatic rings. The average molecular weight is 265 g/mol. The van der Waals surface area contributed by atoms with E-state index in [-0.39, 0.29) is 0 Å². The van der Waals surface area contributed by atoms with Gasteiger partial charge in [-0.25, -0.2) is 0 Å². The van der Waals surface area contributed by atoms with Crippen LogP contribution in [0.4, 0.5) is 5.69 Å². The Morgan fingerprint density at radius 3 is 2.82 bits per heavy atom. The van der Waals surface area contributed by atoms with E-state index < -0.39 is 10.8 Å². The number of hydrogen-bond acceptors (Lipinski definition) is 3. The van der Waals surface area contributed by atoms with Crippen LogP contribution in [0.2, 0.25) is 0 Å². The van der Waals surface area contributed by atoms with Gasteiger partial charge in [0, 0.05) is 16.3 Å². The van der Waals surface area contributed by atoms with Gasteiger partial charge >= 0.3 is 0 Å². The van der Waals surface area contributed by atoms with E-state index in [1.54, 1.807) is 11.3 Å². The highest BCUT2D eigenvalue weighted by Gasteiger charge is 2.06. The normalized spacial score (nSPS) is 12.5. The number of anilines is 1. The first-order chi connectivity index (χ1) is 8.16. The molecule has 17 heavy (non-hydrogen) atoms. The second kappa shape index (κ2) is 5.47. The molecular formula is C13H15NOS2. The van der Waals surface area contributed by atoms with E-state index in [1.807, 2.05) is 30.5 Å². The van der Waals surface area contributed by atoms with Gasteiger partial charge in [-0.3, -0.25) is 4.21 Å². The fraction of sp³-hybridized carbons (Fsp3) is 0.231. The van der Waals surface area contributed by atoms with E-state index in [9.17, 15) is 4.21 Å². The highest BCUT2D eigenvalue weighted by Crippen LogP contribution is 2.16. The van der Waals surface area contributed by atoms with Gasteiger partial charge in [-0.2, -0.15) is 11.3 Å². The SMILES string of the molecule is Cc1cc(S(=O)CCc2ccsc2)ccc1N. The number of rotatable bonds is 4. The van der Waals surface area contributed by atoms with E-state index in [4.69, 9.17) is 5.73 Å². The molecule has 0 amide bonds. The predicted molar refractivity (Wildman–Crippen MR) is 74.9 cm³/mol. The minimum atomic E-state index is -0.938. The molecule has 2 nitrogen and oxygen atoms in total. The Balaban J connectivity index is 2.02. The van der Waals surface area contributed by atoms with Gasteiger partial charge in [-0.15, -0.1) is 0 Å². The predicted octanol–water partition coefficient (Wildman–Crippen LogP) is 2.99. The van der Waals surface area contributed by atoms with E-state index in [1.165, 1.54) is 5.56 Å². The second-order valence-electron chi connectivity index (χ2n) is 3.95. The summed E-state index contributed by atoms with van der Waals surface area (Å²) in [5.74, 6) is 0.667. The van der Waals surface area contributed by atoms with Crippen molar-refractivity contribution >= 4 is 27.8 Å². The molecule has 0 aliphatic rings. The molecule has 1 aromatic heterocycles. The molecule has 0 spiro atoms. The van der Waals surface area contributed by atoms with Gasteiger partial charge in [0.2, 0.25) is 0 Å². The van der Waals surface area contributed by atoms with Crippen LogP contribution in [0.3, 0.4) is 0 Å². The molecule has 0 aliphatic heterocycles. The Labute approximate surface area is 108 Å². The molecule has 1 heterocycles. The number of hydrogen-bond donors (Lipinski definition) is 1. The molecule has 1 aromatic carbocycles. The molecule has 0 radical (unpaired) electrons. The lowest BCUT2D eigenvalue weighted by Crippen LogP contribution is -2.02. The van der Waals surface area contributed by atoms with Crippen LogP contribution in [0, 0.1) is 6.92 Å². The molecule has 1 unspecified atom stereocenters.